The Hall–Kier alpha value is -1.82. The van der Waals surface area contributed by atoms with Crippen LogP contribution in [-0.2, 0) is 0 Å². The van der Waals surface area contributed by atoms with E-state index in [0.29, 0.717) is 26.9 Å². The molecule has 3 unspecified atom stereocenters. The maximum absolute atomic E-state index is 11.1. The van der Waals surface area contributed by atoms with E-state index in [2.05, 4.69) is 0 Å². The van der Waals surface area contributed by atoms with Crippen LogP contribution in [-0.4, -0.2) is 22.9 Å². The van der Waals surface area contributed by atoms with Crippen molar-refractivity contribution in [3.05, 3.63) is 73.8 Å². The largest absolute Gasteiger partial charge is 0.464 e. The van der Waals surface area contributed by atoms with Gasteiger partial charge in [0.25, 0.3) is 0 Å². The number of ether oxygens (including phenoxy) is 1. The molecular weight excluding hydrogens is 341 g/mol. The van der Waals surface area contributed by atoms with Crippen molar-refractivity contribution in [2.75, 3.05) is 6.54 Å². The minimum Gasteiger partial charge on any atom is -0.464 e. The number of rotatable bonds is 3. The van der Waals surface area contributed by atoms with Crippen LogP contribution in [0.15, 0.2) is 42.5 Å². The fourth-order valence-electron chi connectivity index (χ4n) is 3.00. The van der Waals surface area contributed by atoms with Crippen molar-refractivity contribution in [1.82, 2.24) is 0 Å². The second-order valence-electron chi connectivity index (χ2n) is 5.36. The SMILES string of the molecule is O=[N+]([O-])CC1c2cc(Cl)ccc2OC(O)C1c1ccccc1Cl. The quantitative estimate of drug-likeness (QED) is 0.671. The number of hydrogen-bond donors (Lipinski definition) is 1. The van der Waals surface area contributed by atoms with Crippen LogP contribution in [0.3, 0.4) is 0 Å². The number of nitrogens with zero attached hydrogens (tertiary/aromatic N) is 1. The van der Waals surface area contributed by atoms with Crippen LogP contribution in [0.4, 0.5) is 0 Å². The summed E-state index contributed by atoms with van der Waals surface area (Å²) < 4.78 is 5.54. The van der Waals surface area contributed by atoms with Crippen molar-refractivity contribution in [2.24, 2.45) is 0 Å². The molecule has 3 atom stereocenters. The predicted octanol–water partition coefficient (Wildman–Crippen LogP) is 3.85. The molecule has 2 aromatic rings. The third-order valence-corrected chi connectivity index (χ3v) is 4.55. The van der Waals surface area contributed by atoms with Gasteiger partial charge in [0.2, 0.25) is 12.8 Å². The molecule has 3 rings (SSSR count). The maximum atomic E-state index is 11.1. The highest BCUT2D eigenvalue weighted by Crippen LogP contribution is 2.47. The molecule has 0 saturated heterocycles. The molecule has 2 aromatic carbocycles. The van der Waals surface area contributed by atoms with Gasteiger partial charge < -0.3 is 9.84 Å². The van der Waals surface area contributed by atoms with Gasteiger partial charge in [0.05, 0.1) is 11.8 Å². The van der Waals surface area contributed by atoms with E-state index >= 15 is 0 Å². The Morgan fingerprint density at radius 2 is 1.91 bits per heavy atom. The van der Waals surface area contributed by atoms with Gasteiger partial charge in [-0.2, -0.15) is 0 Å². The highest BCUT2D eigenvalue weighted by Gasteiger charge is 2.42. The average molecular weight is 354 g/mol. The number of aliphatic hydroxyl groups excluding tert-OH is 1. The van der Waals surface area contributed by atoms with Crippen molar-refractivity contribution in [3.63, 3.8) is 0 Å². The van der Waals surface area contributed by atoms with Gasteiger partial charge in [0.15, 0.2) is 0 Å². The van der Waals surface area contributed by atoms with E-state index in [1.54, 1.807) is 42.5 Å². The number of nitro groups is 1. The minimum atomic E-state index is -1.23. The van der Waals surface area contributed by atoms with Crippen molar-refractivity contribution < 1.29 is 14.8 Å². The lowest BCUT2D eigenvalue weighted by molar-refractivity contribution is -0.485. The molecule has 0 amide bonds. The Labute approximate surface area is 142 Å². The summed E-state index contributed by atoms with van der Waals surface area (Å²) in [6.45, 7) is -0.357. The molecule has 7 heteroatoms. The van der Waals surface area contributed by atoms with Crippen LogP contribution in [0, 0.1) is 10.1 Å². The highest BCUT2D eigenvalue weighted by molar-refractivity contribution is 6.31. The Bertz CT molecular complexity index is 753. The second-order valence-corrected chi connectivity index (χ2v) is 6.20. The van der Waals surface area contributed by atoms with Gasteiger partial charge in [-0.15, -0.1) is 0 Å². The third kappa shape index (κ3) is 3.13. The van der Waals surface area contributed by atoms with Gasteiger partial charge in [-0.3, -0.25) is 10.1 Å². The molecule has 0 bridgehead atoms. The molecule has 0 spiro atoms. The summed E-state index contributed by atoms with van der Waals surface area (Å²) in [5.41, 5.74) is 1.21. The standard InChI is InChI=1S/C16H13Cl2NO4/c17-9-5-6-14-11(7-9)12(8-19(21)22)15(16(20)23-14)10-3-1-2-4-13(10)18/h1-7,12,15-16,20H,8H2. The Morgan fingerprint density at radius 1 is 1.17 bits per heavy atom. The molecule has 1 heterocycles. The first-order valence-electron chi connectivity index (χ1n) is 6.98. The lowest BCUT2D eigenvalue weighted by atomic mass is 9.78. The Balaban J connectivity index is 2.14. The summed E-state index contributed by atoms with van der Waals surface area (Å²) in [5, 5.41) is 22.4. The van der Waals surface area contributed by atoms with E-state index in [4.69, 9.17) is 27.9 Å². The lowest BCUT2D eigenvalue weighted by Gasteiger charge is -2.36. The molecule has 23 heavy (non-hydrogen) atoms. The van der Waals surface area contributed by atoms with Crippen LogP contribution < -0.4 is 4.74 Å². The smallest absolute Gasteiger partial charge is 0.211 e. The highest BCUT2D eigenvalue weighted by atomic mass is 35.5. The zero-order chi connectivity index (χ0) is 16.6. The minimum absolute atomic E-state index is 0.357. The van der Waals surface area contributed by atoms with Gasteiger partial charge in [0, 0.05) is 20.5 Å². The zero-order valence-electron chi connectivity index (χ0n) is 11.9. The summed E-state index contributed by atoms with van der Waals surface area (Å²) >= 11 is 12.2. The van der Waals surface area contributed by atoms with Crippen LogP contribution in [0.2, 0.25) is 10.0 Å². The summed E-state index contributed by atoms with van der Waals surface area (Å²) in [5.74, 6) is -0.848. The van der Waals surface area contributed by atoms with Gasteiger partial charge in [-0.25, -0.2) is 0 Å². The van der Waals surface area contributed by atoms with Crippen molar-refractivity contribution in [2.45, 2.75) is 18.1 Å². The Morgan fingerprint density at radius 3 is 2.61 bits per heavy atom. The topological polar surface area (TPSA) is 72.6 Å². The first-order chi connectivity index (χ1) is 11.0. The van der Waals surface area contributed by atoms with Crippen LogP contribution in [0.5, 0.6) is 5.75 Å². The molecule has 0 fully saturated rings. The maximum Gasteiger partial charge on any atom is 0.211 e. The van der Waals surface area contributed by atoms with Gasteiger partial charge in [0.1, 0.15) is 5.75 Å². The molecular formula is C16H13Cl2NO4. The molecule has 1 N–H and O–H groups in total. The number of hydrogen-bond acceptors (Lipinski definition) is 4. The van der Waals surface area contributed by atoms with Gasteiger partial charge in [-0.05, 0) is 29.8 Å². The van der Waals surface area contributed by atoms with Crippen LogP contribution in [0.1, 0.15) is 23.0 Å². The summed E-state index contributed by atoms with van der Waals surface area (Å²) in [7, 11) is 0. The monoisotopic (exact) mass is 353 g/mol. The molecule has 0 aliphatic carbocycles. The first kappa shape index (κ1) is 16.1. The fraction of sp³-hybridized carbons (Fsp3) is 0.250. The average Bonchev–Trinajstić information content (AvgIpc) is 2.49. The predicted molar refractivity (Wildman–Crippen MR) is 86.9 cm³/mol. The zero-order valence-corrected chi connectivity index (χ0v) is 13.4. The van der Waals surface area contributed by atoms with Crippen molar-refractivity contribution in [1.29, 1.82) is 0 Å². The third-order valence-electron chi connectivity index (χ3n) is 3.97. The van der Waals surface area contributed by atoms with E-state index < -0.39 is 23.0 Å². The normalized spacial score (nSPS) is 23.0. The van der Waals surface area contributed by atoms with Crippen molar-refractivity contribution in [3.8, 4) is 5.75 Å². The second kappa shape index (κ2) is 6.35. The van der Waals surface area contributed by atoms with Crippen LogP contribution in [0.25, 0.3) is 0 Å². The fourth-order valence-corrected chi connectivity index (χ4v) is 3.44. The summed E-state index contributed by atoms with van der Waals surface area (Å²) in [4.78, 5) is 10.7. The van der Waals surface area contributed by atoms with E-state index in [1.165, 1.54) is 0 Å². The number of fused-ring (bicyclic) bond motifs is 1. The van der Waals surface area contributed by atoms with Crippen molar-refractivity contribution >= 4 is 23.2 Å². The van der Waals surface area contributed by atoms with E-state index in [1.807, 2.05) is 0 Å². The first-order valence-corrected chi connectivity index (χ1v) is 7.73. The summed E-state index contributed by atoms with van der Waals surface area (Å²) in [6, 6.07) is 11.8. The van der Waals surface area contributed by atoms with E-state index in [-0.39, 0.29) is 6.54 Å². The molecule has 1 aliphatic heterocycles. The lowest BCUT2D eigenvalue weighted by Crippen LogP contribution is -2.37. The number of aliphatic hydroxyl groups is 1. The van der Waals surface area contributed by atoms with Gasteiger partial charge in [-0.1, -0.05) is 41.4 Å². The molecule has 0 aromatic heterocycles. The van der Waals surface area contributed by atoms with E-state index in [9.17, 15) is 15.2 Å². The molecule has 120 valence electrons. The number of halogens is 2. The van der Waals surface area contributed by atoms with Gasteiger partial charge >= 0.3 is 0 Å². The van der Waals surface area contributed by atoms with E-state index in [0.717, 1.165) is 0 Å². The summed E-state index contributed by atoms with van der Waals surface area (Å²) in [6.07, 6.45) is -1.23. The number of benzene rings is 2. The molecule has 5 nitrogen and oxygen atoms in total. The Kier molecular flexibility index (Phi) is 4.43. The molecule has 0 saturated carbocycles. The molecule has 0 radical (unpaired) electrons. The van der Waals surface area contributed by atoms with Crippen LogP contribution >= 0.6 is 23.2 Å². The molecule has 1 aliphatic rings.